The maximum Gasteiger partial charge on any atom is 0.0585 e. The Morgan fingerprint density at radius 1 is 1.33 bits per heavy atom. The Labute approximate surface area is 92.1 Å². The number of aliphatic hydroxyl groups is 1. The molecule has 0 aliphatic heterocycles. The molecule has 1 aromatic carbocycles. The van der Waals surface area contributed by atoms with Gasteiger partial charge in [-0.25, -0.2) is 0 Å². The van der Waals surface area contributed by atoms with E-state index in [1.807, 2.05) is 0 Å². The van der Waals surface area contributed by atoms with Crippen LogP contribution in [-0.4, -0.2) is 17.8 Å². The average Bonchev–Trinajstić information content (AvgIpc) is 2.17. The van der Waals surface area contributed by atoms with Crippen LogP contribution in [0.5, 0.6) is 0 Å². The second kappa shape index (κ2) is 4.77. The third-order valence-electron chi connectivity index (χ3n) is 2.53. The van der Waals surface area contributed by atoms with E-state index in [4.69, 9.17) is 10.8 Å². The number of rotatable bonds is 3. The fourth-order valence-corrected chi connectivity index (χ4v) is 1.53. The molecule has 0 aliphatic carbocycles. The molecule has 15 heavy (non-hydrogen) atoms. The Kier molecular flexibility index (Phi) is 3.89. The molecule has 0 bridgehead atoms. The van der Waals surface area contributed by atoms with E-state index in [2.05, 4.69) is 45.0 Å². The molecule has 2 nitrogen and oxygen atoms in total. The lowest BCUT2D eigenvalue weighted by atomic mass is 9.85. The molecular weight excluding hydrogens is 186 g/mol. The Morgan fingerprint density at radius 3 is 2.53 bits per heavy atom. The van der Waals surface area contributed by atoms with Gasteiger partial charge in [-0.3, -0.25) is 0 Å². The van der Waals surface area contributed by atoms with Gasteiger partial charge in [0.15, 0.2) is 0 Å². The summed E-state index contributed by atoms with van der Waals surface area (Å²) in [4.78, 5) is 0. The van der Waals surface area contributed by atoms with E-state index in [9.17, 15) is 0 Å². The summed E-state index contributed by atoms with van der Waals surface area (Å²) in [5, 5.41) is 8.90. The quantitative estimate of drug-likeness (QED) is 0.794. The lowest BCUT2D eigenvalue weighted by Crippen LogP contribution is -2.27. The summed E-state index contributed by atoms with van der Waals surface area (Å²) in [6, 6.07) is 8.27. The standard InChI is InChI=1S/C13H21NO/c1-13(2,3)11-6-4-5-10(7-11)8-12(14)9-15/h4-7,12,15H,8-9,14H2,1-3H3. The molecular formula is C13H21NO. The third kappa shape index (κ3) is 3.65. The molecule has 0 saturated carbocycles. The molecule has 1 rings (SSSR count). The van der Waals surface area contributed by atoms with E-state index >= 15 is 0 Å². The van der Waals surface area contributed by atoms with Gasteiger partial charge in [0, 0.05) is 6.04 Å². The van der Waals surface area contributed by atoms with E-state index in [-0.39, 0.29) is 18.1 Å². The first-order chi connectivity index (χ1) is 6.93. The fraction of sp³-hybridized carbons (Fsp3) is 0.538. The second-order valence-corrected chi connectivity index (χ2v) is 5.10. The summed E-state index contributed by atoms with van der Waals surface area (Å²) in [7, 11) is 0. The number of hydrogen-bond donors (Lipinski definition) is 2. The first-order valence-corrected chi connectivity index (χ1v) is 5.39. The number of aliphatic hydroxyl groups excluding tert-OH is 1. The zero-order valence-electron chi connectivity index (χ0n) is 9.83. The van der Waals surface area contributed by atoms with Crippen LogP contribution in [0.1, 0.15) is 31.9 Å². The highest BCUT2D eigenvalue weighted by atomic mass is 16.3. The number of nitrogens with two attached hydrogens (primary N) is 1. The topological polar surface area (TPSA) is 46.2 Å². The second-order valence-electron chi connectivity index (χ2n) is 5.10. The van der Waals surface area contributed by atoms with E-state index in [0.29, 0.717) is 0 Å². The minimum absolute atomic E-state index is 0.0414. The Bertz CT molecular complexity index is 315. The number of benzene rings is 1. The van der Waals surface area contributed by atoms with Gasteiger partial charge >= 0.3 is 0 Å². The van der Waals surface area contributed by atoms with E-state index in [1.54, 1.807) is 0 Å². The first kappa shape index (κ1) is 12.2. The summed E-state index contributed by atoms with van der Waals surface area (Å²) in [5.74, 6) is 0. The molecule has 0 amide bonds. The van der Waals surface area contributed by atoms with Crippen molar-refractivity contribution in [1.29, 1.82) is 0 Å². The summed E-state index contributed by atoms with van der Waals surface area (Å²) >= 11 is 0. The largest absolute Gasteiger partial charge is 0.395 e. The van der Waals surface area contributed by atoms with Crippen molar-refractivity contribution in [3.8, 4) is 0 Å². The van der Waals surface area contributed by atoms with Crippen LogP contribution >= 0.6 is 0 Å². The molecule has 1 unspecified atom stereocenters. The lowest BCUT2D eigenvalue weighted by molar-refractivity contribution is 0.265. The van der Waals surface area contributed by atoms with Crippen molar-refractivity contribution in [1.82, 2.24) is 0 Å². The van der Waals surface area contributed by atoms with E-state index in [0.717, 1.165) is 6.42 Å². The lowest BCUT2D eigenvalue weighted by Gasteiger charge is -2.20. The summed E-state index contributed by atoms with van der Waals surface area (Å²) in [6.07, 6.45) is 0.737. The summed E-state index contributed by atoms with van der Waals surface area (Å²) in [6.45, 7) is 6.62. The van der Waals surface area contributed by atoms with Crippen LogP contribution in [-0.2, 0) is 11.8 Å². The van der Waals surface area contributed by atoms with Gasteiger partial charge in [0.25, 0.3) is 0 Å². The van der Waals surface area contributed by atoms with Gasteiger partial charge in [-0.05, 0) is 23.0 Å². The molecule has 1 atom stereocenters. The highest BCUT2D eigenvalue weighted by molar-refractivity contribution is 5.29. The van der Waals surface area contributed by atoms with Crippen LogP contribution in [0.4, 0.5) is 0 Å². The van der Waals surface area contributed by atoms with Crippen LogP contribution in [0.25, 0.3) is 0 Å². The Hall–Kier alpha value is -0.860. The first-order valence-electron chi connectivity index (χ1n) is 5.39. The van der Waals surface area contributed by atoms with Gasteiger partial charge in [0.2, 0.25) is 0 Å². The predicted molar refractivity (Wildman–Crippen MR) is 63.9 cm³/mol. The maximum absolute atomic E-state index is 8.90. The molecule has 0 spiro atoms. The van der Waals surface area contributed by atoms with E-state index in [1.165, 1.54) is 11.1 Å². The van der Waals surface area contributed by atoms with Crippen LogP contribution in [0, 0.1) is 0 Å². The highest BCUT2D eigenvalue weighted by Gasteiger charge is 2.13. The molecule has 84 valence electrons. The fourth-order valence-electron chi connectivity index (χ4n) is 1.53. The average molecular weight is 207 g/mol. The highest BCUT2D eigenvalue weighted by Crippen LogP contribution is 2.23. The van der Waals surface area contributed by atoms with Gasteiger partial charge in [-0.1, -0.05) is 45.0 Å². The van der Waals surface area contributed by atoms with Crippen molar-refractivity contribution >= 4 is 0 Å². The van der Waals surface area contributed by atoms with Crippen molar-refractivity contribution in [3.63, 3.8) is 0 Å². The summed E-state index contributed by atoms with van der Waals surface area (Å²) in [5.41, 5.74) is 8.39. The van der Waals surface area contributed by atoms with Crippen molar-refractivity contribution < 1.29 is 5.11 Å². The number of hydrogen-bond acceptors (Lipinski definition) is 2. The third-order valence-corrected chi connectivity index (χ3v) is 2.53. The van der Waals surface area contributed by atoms with Crippen LogP contribution in [0.2, 0.25) is 0 Å². The molecule has 0 radical (unpaired) electrons. The van der Waals surface area contributed by atoms with Crippen molar-refractivity contribution in [2.24, 2.45) is 5.73 Å². The van der Waals surface area contributed by atoms with Gasteiger partial charge in [-0.2, -0.15) is 0 Å². The SMILES string of the molecule is CC(C)(C)c1cccc(CC(N)CO)c1. The molecule has 0 aliphatic rings. The van der Waals surface area contributed by atoms with Gasteiger partial charge in [0.05, 0.1) is 6.61 Å². The van der Waals surface area contributed by atoms with Crippen LogP contribution in [0.15, 0.2) is 24.3 Å². The summed E-state index contributed by atoms with van der Waals surface area (Å²) < 4.78 is 0. The van der Waals surface area contributed by atoms with Crippen molar-refractivity contribution in [2.75, 3.05) is 6.61 Å². The van der Waals surface area contributed by atoms with Crippen molar-refractivity contribution in [3.05, 3.63) is 35.4 Å². The normalized spacial score (nSPS) is 13.9. The zero-order valence-corrected chi connectivity index (χ0v) is 9.83. The predicted octanol–water partition coefficient (Wildman–Crippen LogP) is 1.85. The molecule has 2 heteroatoms. The van der Waals surface area contributed by atoms with Gasteiger partial charge < -0.3 is 10.8 Å². The molecule has 0 saturated heterocycles. The van der Waals surface area contributed by atoms with Gasteiger partial charge in [0.1, 0.15) is 0 Å². The van der Waals surface area contributed by atoms with Gasteiger partial charge in [-0.15, -0.1) is 0 Å². The van der Waals surface area contributed by atoms with Crippen LogP contribution < -0.4 is 5.73 Å². The van der Waals surface area contributed by atoms with Crippen molar-refractivity contribution in [2.45, 2.75) is 38.6 Å². The minimum atomic E-state index is -0.153. The maximum atomic E-state index is 8.90. The molecule has 1 aromatic rings. The monoisotopic (exact) mass is 207 g/mol. The molecule has 3 N–H and O–H groups in total. The smallest absolute Gasteiger partial charge is 0.0585 e. The molecule has 0 fully saturated rings. The van der Waals surface area contributed by atoms with Crippen LogP contribution in [0.3, 0.4) is 0 Å². The van der Waals surface area contributed by atoms with E-state index < -0.39 is 0 Å². The zero-order chi connectivity index (χ0) is 11.5. The molecule has 0 heterocycles. The minimum Gasteiger partial charge on any atom is -0.395 e. The Balaban J connectivity index is 2.84. The molecule has 0 aromatic heterocycles. The Morgan fingerprint density at radius 2 is 2.00 bits per heavy atom.